The standard InChI is InChI=1S/C17H19N5O3/c1-9-12(15(23)18-6-11-7-24-10(2)21-11)13-14(22-17(3)4-5-17)19-8-20-16(13)25-9/h7-8H,4-6H2,1-3H3,(H,18,23)(H,19,20,22). The van der Waals surface area contributed by atoms with Gasteiger partial charge in [0.25, 0.3) is 5.91 Å². The number of hydrogen-bond acceptors (Lipinski definition) is 7. The van der Waals surface area contributed by atoms with Gasteiger partial charge in [0.15, 0.2) is 5.89 Å². The number of furan rings is 1. The van der Waals surface area contributed by atoms with E-state index in [1.807, 2.05) is 0 Å². The second kappa shape index (κ2) is 5.58. The fourth-order valence-corrected chi connectivity index (χ4v) is 2.76. The van der Waals surface area contributed by atoms with E-state index in [1.54, 1.807) is 13.8 Å². The number of aryl methyl sites for hydroxylation is 2. The first-order valence-electron chi connectivity index (χ1n) is 8.17. The van der Waals surface area contributed by atoms with Gasteiger partial charge < -0.3 is 19.5 Å². The molecular formula is C17H19N5O3. The molecule has 3 aromatic rings. The highest BCUT2D eigenvalue weighted by Gasteiger charge is 2.38. The van der Waals surface area contributed by atoms with E-state index in [9.17, 15) is 4.79 Å². The Balaban J connectivity index is 1.65. The van der Waals surface area contributed by atoms with E-state index >= 15 is 0 Å². The Morgan fingerprint density at radius 3 is 2.80 bits per heavy atom. The number of hydrogen-bond donors (Lipinski definition) is 2. The van der Waals surface area contributed by atoms with E-state index in [4.69, 9.17) is 8.83 Å². The molecule has 1 aliphatic carbocycles. The number of carbonyl (C=O) groups is 1. The molecule has 0 bridgehead atoms. The maximum Gasteiger partial charge on any atom is 0.255 e. The topological polar surface area (TPSA) is 106 Å². The maximum absolute atomic E-state index is 12.7. The van der Waals surface area contributed by atoms with Crippen LogP contribution in [0.1, 0.15) is 47.5 Å². The number of oxazole rings is 1. The van der Waals surface area contributed by atoms with E-state index < -0.39 is 0 Å². The molecule has 1 saturated carbocycles. The second-order valence-corrected chi connectivity index (χ2v) is 6.66. The van der Waals surface area contributed by atoms with Crippen molar-refractivity contribution in [3.8, 4) is 0 Å². The van der Waals surface area contributed by atoms with Crippen LogP contribution in [0.3, 0.4) is 0 Å². The first kappa shape index (κ1) is 15.6. The Bertz CT molecular complexity index is 955. The van der Waals surface area contributed by atoms with Crippen molar-refractivity contribution in [1.29, 1.82) is 0 Å². The summed E-state index contributed by atoms with van der Waals surface area (Å²) < 4.78 is 10.8. The molecule has 0 unspecified atom stereocenters. The fourth-order valence-electron chi connectivity index (χ4n) is 2.76. The molecule has 3 heterocycles. The lowest BCUT2D eigenvalue weighted by molar-refractivity contribution is 0.0950. The predicted octanol–water partition coefficient (Wildman–Crippen LogP) is 2.72. The van der Waals surface area contributed by atoms with Crippen LogP contribution < -0.4 is 10.6 Å². The molecular weight excluding hydrogens is 322 g/mol. The third kappa shape index (κ3) is 2.95. The van der Waals surface area contributed by atoms with Crippen LogP contribution in [0, 0.1) is 13.8 Å². The Labute approximate surface area is 144 Å². The minimum absolute atomic E-state index is 0.0262. The lowest BCUT2D eigenvalue weighted by Gasteiger charge is -2.13. The van der Waals surface area contributed by atoms with Crippen molar-refractivity contribution in [2.24, 2.45) is 0 Å². The summed E-state index contributed by atoms with van der Waals surface area (Å²) in [6.07, 6.45) is 5.11. The lowest BCUT2D eigenvalue weighted by atomic mass is 10.1. The summed E-state index contributed by atoms with van der Waals surface area (Å²) in [5.74, 6) is 1.44. The van der Waals surface area contributed by atoms with Gasteiger partial charge in [-0.25, -0.2) is 15.0 Å². The number of carbonyl (C=O) groups excluding carboxylic acids is 1. The van der Waals surface area contributed by atoms with E-state index in [0.29, 0.717) is 39.8 Å². The van der Waals surface area contributed by atoms with Crippen molar-refractivity contribution in [3.05, 3.63) is 35.5 Å². The lowest BCUT2D eigenvalue weighted by Crippen LogP contribution is -2.24. The predicted molar refractivity (Wildman–Crippen MR) is 90.2 cm³/mol. The van der Waals surface area contributed by atoms with Gasteiger partial charge in [0.05, 0.1) is 23.2 Å². The highest BCUT2D eigenvalue weighted by Crippen LogP contribution is 2.40. The van der Waals surface area contributed by atoms with Crippen LogP contribution in [0.2, 0.25) is 0 Å². The van der Waals surface area contributed by atoms with Gasteiger partial charge in [0.1, 0.15) is 24.2 Å². The van der Waals surface area contributed by atoms with Crippen LogP contribution in [0.5, 0.6) is 0 Å². The molecule has 3 aromatic heterocycles. The molecule has 1 fully saturated rings. The highest BCUT2D eigenvalue weighted by atomic mass is 16.3. The molecule has 4 rings (SSSR count). The molecule has 0 saturated heterocycles. The first-order chi connectivity index (χ1) is 12.0. The van der Waals surface area contributed by atoms with Gasteiger partial charge in [0, 0.05) is 12.5 Å². The van der Waals surface area contributed by atoms with Gasteiger partial charge >= 0.3 is 0 Å². The molecule has 0 radical (unpaired) electrons. The second-order valence-electron chi connectivity index (χ2n) is 6.66. The van der Waals surface area contributed by atoms with Crippen LogP contribution in [0.25, 0.3) is 11.1 Å². The molecule has 0 aliphatic heterocycles. The largest absolute Gasteiger partial charge is 0.449 e. The molecule has 1 aliphatic rings. The minimum atomic E-state index is -0.254. The molecule has 8 heteroatoms. The molecule has 2 N–H and O–H groups in total. The Kier molecular flexibility index (Phi) is 3.48. The monoisotopic (exact) mass is 341 g/mol. The maximum atomic E-state index is 12.7. The van der Waals surface area contributed by atoms with Gasteiger partial charge in [-0.3, -0.25) is 4.79 Å². The van der Waals surface area contributed by atoms with Crippen molar-refractivity contribution in [2.45, 2.75) is 45.7 Å². The van der Waals surface area contributed by atoms with Crippen LogP contribution >= 0.6 is 0 Å². The average Bonchev–Trinajstić information content (AvgIpc) is 2.99. The van der Waals surface area contributed by atoms with Crippen molar-refractivity contribution in [2.75, 3.05) is 5.32 Å². The molecule has 25 heavy (non-hydrogen) atoms. The van der Waals surface area contributed by atoms with Gasteiger partial charge in [-0.2, -0.15) is 0 Å². The van der Waals surface area contributed by atoms with Crippen molar-refractivity contribution < 1.29 is 13.6 Å². The number of nitrogens with zero attached hydrogens (tertiary/aromatic N) is 3. The number of aromatic nitrogens is 3. The van der Waals surface area contributed by atoms with E-state index in [1.165, 1.54) is 12.6 Å². The van der Waals surface area contributed by atoms with E-state index in [-0.39, 0.29) is 18.0 Å². The normalized spacial score (nSPS) is 15.3. The van der Waals surface area contributed by atoms with Gasteiger partial charge in [0.2, 0.25) is 5.71 Å². The summed E-state index contributed by atoms with van der Waals surface area (Å²) in [6, 6.07) is 0. The Hall–Kier alpha value is -2.90. The average molecular weight is 341 g/mol. The zero-order chi connectivity index (χ0) is 17.6. The van der Waals surface area contributed by atoms with Crippen LogP contribution in [0.15, 0.2) is 21.4 Å². The minimum Gasteiger partial charge on any atom is -0.449 e. The van der Waals surface area contributed by atoms with Crippen molar-refractivity contribution in [1.82, 2.24) is 20.3 Å². The van der Waals surface area contributed by atoms with Gasteiger partial charge in [-0.15, -0.1) is 0 Å². The third-order valence-corrected chi connectivity index (χ3v) is 4.41. The van der Waals surface area contributed by atoms with Crippen LogP contribution in [-0.2, 0) is 6.54 Å². The molecule has 130 valence electrons. The van der Waals surface area contributed by atoms with Crippen LogP contribution in [0.4, 0.5) is 5.82 Å². The fraction of sp³-hybridized carbons (Fsp3) is 0.412. The summed E-state index contributed by atoms with van der Waals surface area (Å²) in [4.78, 5) is 25.4. The number of amides is 1. The molecule has 0 aromatic carbocycles. The smallest absolute Gasteiger partial charge is 0.255 e. The Morgan fingerprint density at radius 2 is 2.12 bits per heavy atom. The summed E-state index contributed by atoms with van der Waals surface area (Å²) >= 11 is 0. The number of rotatable bonds is 5. The van der Waals surface area contributed by atoms with E-state index in [2.05, 4.69) is 32.5 Å². The highest BCUT2D eigenvalue weighted by molar-refractivity contribution is 6.10. The van der Waals surface area contributed by atoms with Crippen molar-refractivity contribution >= 4 is 22.8 Å². The number of anilines is 1. The van der Waals surface area contributed by atoms with Gasteiger partial charge in [-0.05, 0) is 26.7 Å². The summed E-state index contributed by atoms with van der Waals surface area (Å²) in [5, 5.41) is 6.86. The zero-order valence-electron chi connectivity index (χ0n) is 14.3. The summed E-state index contributed by atoms with van der Waals surface area (Å²) in [6.45, 7) is 5.91. The van der Waals surface area contributed by atoms with Crippen LogP contribution in [-0.4, -0.2) is 26.4 Å². The zero-order valence-corrected chi connectivity index (χ0v) is 14.3. The summed E-state index contributed by atoms with van der Waals surface area (Å²) in [5.41, 5.74) is 1.54. The van der Waals surface area contributed by atoms with Crippen molar-refractivity contribution in [3.63, 3.8) is 0 Å². The molecule has 0 spiro atoms. The SMILES string of the molecule is Cc1nc(CNC(=O)c2c(C)oc3ncnc(NC4(C)CC4)c23)co1. The quantitative estimate of drug-likeness (QED) is 0.735. The number of nitrogens with one attached hydrogen (secondary N) is 2. The molecule has 8 nitrogen and oxygen atoms in total. The first-order valence-corrected chi connectivity index (χ1v) is 8.17. The summed E-state index contributed by atoms with van der Waals surface area (Å²) in [7, 11) is 0. The van der Waals surface area contributed by atoms with E-state index in [0.717, 1.165) is 12.8 Å². The molecule has 1 amide bonds. The third-order valence-electron chi connectivity index (χ3n) is 4.41. The molecule has 0 atom stereocenters. The Morgan fingerprint density at radius 1 is 1.32 bits per heavy atom. The van der Waals surface area contributed by atoms with Gasteiger partial charge in [-0.1, -0.05) is 0 Å². The number of fused-ring (bicyclic) bond motifs is 1.